The van der Waals surface area contributed by atoms with Crippen molar-refractivity contribution < 1.29 is 22.6 Å². The van der Waals surface area contributed by atoms with E-state index in [-0.39, 0.29) is 12.7 Å². The van der Waals surface area contributed by atoms with Gasteiger partial charge in [-0.3, -0.25) is 14.1 Å². The van der Waals surface area contributed by atoms with E-state index in [9.17, 15) is 18.0 Å². The Labute approximate surface area is 107 Å². The first-order chi connectivity index (χ1) is 7.22. The summed E-state index contributed by atoms with van der Waals surface area (Å²) in [6.45, 7) is 1.72. The molecule has 0 fully saturated rings. The summed E-state index contributed by atoms with van der Waals surface area (Å²) in [5.41, 5.74) is 4.50. The van der Waals surface area contributed by atoms with Crippen LogP contribution in [0.1, 0.15) is 20.8 Å². The Morgan fingerprint density at radius 1 is 1.35 bits per heavy atom. The zero-order valence-electron chi connectivity index (χ0n) is 9.36. The molecule has 4 N–H and O–H groups in total. The number of carbonyl (C=O) groups is 2. The molecular formula is C8H21ClN2O5S. The van der Waals surface area contributed by atoms with Crippen molar-refractivity contribution in [3.8, 4) is 0 Å². The molecule has 0 aromatic rings. The van der Waals surface area contributed by atoms with Crippen LogP contribution in [0.3, 0.4) is 0 Å². The first-order valence-electron chi connectivity index (χ1n) is 4.14. The molecule has 106 valence electrons. The molecule has 0 aromatic carbocycles. The third-order valence-corrected chi connectivity index (χ3v) is 1.76. The smallest absolute Gasteiger partial charge is 0.274 e. The number of nitrogens with one attached hydrogen (secondary N) is 1. The van der Waals surface area contributed by atoms with Gasteiger partial charge in [0.1, 0.15) is 0 Å². The molecule has 0 radical (unpaired) electrons. The van der Waals surface area contributed by atoms with Gasteiger partial charge < -0.3 is 11.1 Å². The lowest BCUT2D eigenvalue weighted by Gasteiger charge is -1.93. The summed E-state index contributed by atoms with van der Waals surface area (Å²) in [5.74, 6) is -1.60. The molecule has 0 aliphatic carbocycles. The van der Waals surface area contributed by atoms with E-state index >= 15 is 0 Å². The predicted molar refractivity (Wildman–Crippen MR) is 68.5 cm³/mol. The fraction of sp³-hybridized carbons (Fsp3) is 0.750. The third-order valence-electron chi connectivity index (χ3n) is 0.870. The summed E-state index contributed by atoms with van der Waals surface area (Å²) < 4.78 is 27.8. The van der Waals surface area contributed by atoms with Gasteiger partial charge in [0.25, 0.3) is 10.1 Å². The second kappa shape index (κ2) is 15.3. The molecule has 0 aliphatic heterocycles. The van der Waals surface area contributed by atoms with Crippen LogP contribution in [0, 0.1) is 0 Å². The molecule has 9 heteroatoms. The van der Waals surface area contributed by atoms with Gasteiger partial charge in [-0.05, 0) is 18.6 Å². The lowest BCUT2D eigenvalue weighted by atomic mass is 10.6. The molecule has 0 saturated carbocycles. The van der Waals surface area contributed by atoms with E-state index in [2.05, 4.69) is 5.73 Å². The summed E-state index contributed by atoms with van der Waals surface area (Å²) in [5, 5.41) is 1.77. The lowest BCUT2D eigenvalue weighted by molar-refractivity contribution is -0.118. The van der Waals surface area contributed by atoms with Gasteiger partial charge in [0.2, 0.25) is 11.1 Å². The largest absolute Gasteiger partial charge is 0.358 e. The van der Waals surface area contributed by atoms with Crippen molar-refractivity contribution in [1.82, 2.24) is 5.32 Å². The van der Waals surface area contributed by atoms with Gasteiger partial charge in [-0.15, -0.1) is 0 Å². The molecule has 0 aliphatic rings. The summed E-state index contributed by atoms with van der Waals surface area (Å²) in [4.78, 5) is 19.8. The van der Waals surface area contributed by atoms with Crippen LogP contribution in [0.15, 0.2) is 0 Å². The van der Waals surface area contributed by atoms with Gasteiger partial charge in [0.15, 0.2) is 5.75 Å². The number of amides is 1. The maximum absolute atomic E-state index is 10.2. The average Bonchev–Trinajstić information content (AvgIpc) is 2.19. The Morgan fingerprint density at radius 3 is 1.71 bits per heavy atom. The molecule has 1 amide bonds. The summed E-state index contributed by atoms with van der Waals surface area (Å²) in [6.07, 6.45) is 0.432. The molecule has 0 heterocycles. The van der Waals surface area contributed by atoms with Crippen LogP contribution in [0.4, 0.5) is 0 Å². The minimum absolute atomic E-state index is 0. The van der Waals surface area contributed by atoms with Crippen molar-refractivity contribution in [2.75, 3.05) is 19.8 Å². The van der Waals surface area contributed by atoms with Gasteiger partial charge in [-0.2, -0.15) is 8.42 Å². The number of nitrogens with two attached hydrogens (primary N) is 1. The Bertz CT molecular complexity index is 292. The molecule has 0 bridgehead atoms. The van der Waals surface area contributed by atoms with Gasteiger partial charge >= 0.3 is 0 Å². The highest BCUT2D eigenvalue weighted by molar-refractivity contribution is 7.86. The van der Waals surface area contributed by atoms with E-state index in [0.717, 1.165) is 0 Å². The van der Waals surface area contributed by atoms with E-state index in [4.69, 9.17) is 16.2 Å². The molecule has 0 aromatic heterocycles. The summed E-state index contributed by atoms with van der Waals surface area (Å²) in [7, 11) is -1.36. The van der Waals surface area contributed by atoms with E-state index < -0.39 is 21.8 Å². The van der Waals surface area contributed by atoms with E-state index in [1.807, 2.05) is 5.32 Å². The Hall–Kier alpha value is -0.700. The van der Waals surface area contributed by atoms with Crippen LogP contribution in [0.2, 0.25) is 0 Å². The highest BCUT2D eigenvalue weighted by Gasteiger charge is 2.09. The van der Waals surface area contributed by atoms with Crippen molar-refractivity contribution in [2.24, 2.45) is 5.73 Å². The third kappa shape index (κ3) is 39.3. The minimum atomic E-state index is -4.15. The Balaban J connectivity index is -0.0000000910. The lowest BCUT2D eigenvalue weighted by Crippen LogP contribution is -2.26. The number of carbonyl (C=O) groups excluding carboxylic acids is 2. The number of hydrogen-bond donors (Lipinski definition) is 3. The maximum Gasteiger partial charge on any atom is 0.274 e. The predicted octanol–water partition coefficient (Wildman–Crippen LogP) is -0.00700. The summed E-state index contributed by atoms with van der Waals surface area (Å²) >= 11 is 4.82. The minimum Gasteiger partial charge on any atom is -0.358 e. The molecule has 0 atom stereocenters. The van der Waals surface area contributed by atoms with Crippen LogP contribution >= 0.6 is 11.6 Å². The first-order valence-corrected chi connectivity index (χ1v) is 6.13. The van der Waals surface area contributed by atoms with Crippen molar-refractivity contribution in [2.45, 2.75) is 20.8 Å². The van der Waals surface area contributed by atoms with Crippen LogP contribution < -0.4 is 11.1 Å². The quantitative estimate of drug-likeness (QED) is 0.496. The maximum atomic E-state index is 10.2. The molecule has 7 nitrogen and oxygen atoms in total. The normalized spacial score (nSPS) is 8.35. The number of halogens is 1. The van der Waals surface area contributed by atoms with Gasteiger partial charge in [-0.25, -0.2) is 0 Å². The van der Waals surface area contributed by atoms with Crippen molar-refractivity contribution in [1.29, 1.82) is 0 Å². The van der Waals surface area contributed by atoms with Crippen LogP contribution in [-0.4, -0.2) is 44.0 Å². The molecular weight excluding hydrogens is 272 g/mol. The number of rotatable bonds is 3. The molecule has 0 unspecified atom stereocenters. The van der Waals surface area contributed by atoms with Gasteiger partial charge in [0, 0.05) is 13.5 Å². The monoisotopic (exact) mass is 292 g/mol. The van der Waals surface area contributed by atoms with Crippen LogP contribution in [-0.2, 0) is 19.7 Å². The summed E-state index contributed by atoms with van der Waals surface area (Å²) in [6, 6.07) is 0. The SMILES string of the molecule is C.CCC(=O)Cl.CN.CNC(=O)CS(=O)(=O)O. The Morgan fingerprint density at radius 2 is 1.65 bits per heavy atom. The molecule has 0 saturated heterocycles. The highest BCUT2D eigenvalue weighted by Crippen LogP contribution is 1.81. The fourth-order valence-corrected chi connectivity index (χ4v) is 0.714. The first kappa shape index (κ1) is 25.2. The number of hydrogen-bond acceptors (Lipinski definition) is 5. The Kier molecular flexibility index (Phi) is 22.7. The highest BCUT2D eigenvalue weighted by atomic mass is 35.5. The zero-order valence-corrected chi connectivity index (χ0v) is 10.9. The molecule has 17 heavy (non-hydrogen) atoms. The fourth-order valence-electron chi connectivity index (χ4n) is 0.238. The van der Waals surface area contributed by atoms with Crippen LogP contribution in [0.25, 0.3) is 0 Å². The van der Waals surface area contributed by atoms with Gasteiger partial charge in [-0.1, -0.05) is 14.4 Å². The zero-order chi connectivity index (χ0) is 13.8. The van der Waals surface area contributed by atoms with E-state index in [1.54, 1.807) is 6.92 Å². The topological polar surface area (TPSA) is 127 Å². The van der Waals surface area contributed by atoms with Crippen molar-refractivity contribution in [3.05, 3.63) is 0 Å². The second-order valence-electron chi connectivity index (χ2n) is 2.11. The second-order valence-corrected chi connectivity index (χ2v) is 3.98. The van der Waals surface area contributed by atoms with Crippen molar-refractivity contribution >= 4 is 32.9 Å². The van der Waals surface area contributed by atoms with Crippen LogP contribution in [0.5, 0.6) is 0 Å². The van der Waals surface area contributed by atoms with Crippen molar-refractivity contribution in [3.63, 3.8) is 0 Å². The molecule has 0 rings (SSSR count). The van der Waals surface area contributed by atoms with E-state index in [1.165, 1.54) is 14.1 Å². The molecule has 0 spiro atoms. The van der Waals surface area contributed by atoms with Gasteiger partial charge in [0.05, 0.1) is 0 Å². The van der Waals surface area contributed by atoms with E-state index in [0.29, 0.717) is 6.42 Å². The standard InChI is InChI=1S/C3H5ClO.C3H7NO4S.CH5N.CH4/c1-2-3(4)5;1-4-3(5)2-9(6,7)8;1-2;/h2H2,1H3;2H2,1H3,(H,4,5)(H,6,7,8);2H2,1H3;1H4. The average molecular weight is 293 g/mol.